The fourth-order valence-corrected chi connectivity index (χ4v) is 2.02. The number of aliphatic imine (C=N–C) groups is 1. The van der Waals surface area contributed by atoms with Crippen LogP contribution < -0.4 is 4.74 Å². The molecule has 0 saturated carbocycles. The number of rotatable bonds is 6. The molecular formula is C16H12ClNO6. The van der Waals surface area contributed by atoms with Gasteiger partial charge in [0.25, 0.3) is 0 Å². The Morgan fingerprint density at radius 3 is 2.54 bits per heavy atom. The molecule has 0 radical (unpaired) electrons. The Kier molecular flexibility index (Phi) is 5.39. The van der Waals surface area contributed by atoms with Crippen LogP contribution in [0.2, 0.25) is 5.02 Å². The molecule has 0 aliphatic rings. The Morgan fingerprint density at radius 2 is 1.92 bits per heavy atom. The zero-order valence-corrected chi connectivity index (χ0v) is 12.9. The van der Waals surface area contributed by atoms with Gasteiger partial charge in [0.15, 0.2) is 6.61 Å². The summed E-state index contributed by atoms with van der Waals surface area (Å²) in [6.07, 6.45) is 1.45. The van der Waals surface area contributed by atoms with Crippen LogP contribution >= 0.6 is 11.6 Å². The largest absolute Gasteiger partial charge is 0.507 e. The number of ether oxygens (including phenoxy) is 1. The number of aromatic carboxylic acids is 1. The predicted molar refractivity (Wildman–Crippen MR) is 86.9 cm³/mol. The van der Waals surface area contributed by atoms with Crippen LogP contribution in [-0.2, 0) is 4.79 Å². The molecule has 0 amide bonds. The van der Waals surface area contributed by atoms with Crippen LogP contribution in [0.5, 0.6) is 11.5 Å². The van der Waals surface area contributed by atoms with Crippen LogP contribution in [0.4, 0.5) is 5.69 Å². The maximum absolute atomic E-state index is 11.0. The molecule has 124 valence electrons. The number of carbonyl (C=O) groups is 2. The summed E-state index contributed by atoms with van der Waals surface area (Å²) in [6.45, 7) is -0.501. The number of hydrogen-bond acceptors (Lipinski definition) is 5. The molecule has 0 fully saturated rings. The lowest BCUT2D eigenvalue weighted by Gasteiger charge is -2.06. The summed E-state index contributed by atoms with van der Waals surface area (Å²) in [5, 5.41) is 27.2. The first kappa shape index (κ1) is 17.3. The predicted octanol–water partition coefficient (Wildman–Crippen LogP) is 2.96. The SMILES string of the molecule is O=C(O)COc1ccc(C=Nc2ccc(O)c(C(=O)O)c2)cc1Cl. The molecule has 0 aromatic heterocycles. The molecule has 8 heteroatoms. The van der Waals surface area contributed by atoms with Crippen molar-refractivity contribution in [3.63, 3.8) is 0 Å². The second kappa shape index (κ2) is 7.47. The number of carboxylic acid groups (broad SMARTS) is 2. The number of halogens is 1. The number of nitrogens with zero attached hydrogens (tertiary/aromatic N) is 1. The van der Waals surface area contributed by atoms with E-state index in [9.17, 15) is 14.7 Å². The van der Waals surface area contributed by atoms with Crippen molar-refractivity contribution in [3.05, 3.63) is 52.5 Å². The minimum atomic E-state index is -1.26. The second-order valence-corrected chi connectivity index (χ2v) is 5.04. The van der Waals surface area contributed by atoms with Crippen LogP contribution in [0.3, 0.4) is 0 Å². The third-order valence-corrected chi connectivity index (χ3v) is 3.18. The lowest BCUT2D eigenvalue weighted by atomic mass is 10.2. The Labute approximate surface area is 141 Å². The zero-order valence-electron chi connectivity index (χ0n) is 12.1. The topological polar surface area (TPSA) is 116 Å². The van der Waals surface area contributed by atoms with Gasteiger partial charge < -0.3 is 20.1 Å². The molecule has 0 unspecified atom stereocenters. The highest BCUT2D eigenvalue weighted by Crippen LogP contribution is 2.26. The van der Waals surface area contributed by atoms with Gasteiger partial charge in [0.05, 0.1) is 10.7 Å². The molecule has 2 rings (SSSR count). The van der Waals surface area contributed by atoms with Crippen molar-refractivity contribution in [3.8, 4) is 11.5 Å². The molecule has 0 aliphatic heterocycles. The van der Waals surface area contributed by atoms with Crippen LogP contribution in [0, 0.1) is 0 Å². The standard InChI is InChI=1S/C16H12ClNO6/c17-12-5-9(1-4-14(12)24-8-15(20)21)7-18-10-2-3-13(19)11(6-10)16(22)23/h1-7,19H,8H2,(H,20,21)(H,22,23). The summed E-state index contributed by atoms with van der Waals surface area (Å²) in [5.41, 5.74) is 0.695. The van der Waals surface area contributed by atoms with Crippen LogP contribution in [0.25, 0.3) is 0 Å². The van der Waals surface area contributed by atoms with Gasteiger partial charge in [-0.3, -0.25) is 4.99 Å². The van der Waals surface area contributed by atoms with E-state index in [0.717, 1.165) is 0 Å². The Hall–Kier alpha value is -3.06. The quantitative estimate of drug-likeness (QED) is 0.690. The summed E-state index contributed by atoms with van der Waals surface area (Å²) in [6, 6.07) is 8.59. The van der Waals surface area contributed by atoms with E-state index < -0.39 is 18.5 Å². The molecule has 0 spiro atoms. The third kappa shape index (κ3) is 4.47. The number of carboxylic acids is 2. The fraction of sp³-hybridized carbons (Fsp3) is 0.0625. The highest BCUT2D eigenvalue weighted by molar-refractivity contribution is 6.32. The number of phenols is 1. The van der Waals surface area contributed by atoms with Gasteiger partial charge in [-0.25, -0.2) is 9.59 Å². The maximum Gasteiger partial charge on any atom is 0.341 e. The van der Waals surface area contributed by atoms with Crippen molar-refractivity contribution in [1.29, 1.82) is 0 Å². The highest BCUT2D eigenvalue weighted by Gasteiger charge is 2.09. The van der Waals surface area contributed by atoms with Crippen molar-refractivity contribution in [1.82, 2.24) is 0 Å². The monoisotopic (exact) mass is 349 g/mol. The first-order valence-electron chi connectivity index (χ1n) is 6.61. The van der Waals surface area contributed by atoms with Crippen molar-refractivity contribution < 1.29 is 29.6 Å². The Balaban J connectivity index is 2.17. The van der Waals surface area contributed by atoms with E-state index in [1.54, 1.807) is 6.07 Å². The summed E-state index contributed by atoms with van der Waals surface area (Å²) in [7, 11) is 0. The number of aromatic hydroxyl groups is 1. The molecule has 2 aromatic carbocycles. The van der Waals surface area contributed by atoms with Crippen molar-refractivity contribution in [2.45, 2.75) is 0 Å². The number of benzene rings is 2. The fourth-order valence-electron chi connectivity index (χ4n) is 1.78. The average molecular weight is 350 g/mol. The van der Waals surface area contributed by atoms with E-state index in [2.05, 4.69) is 4.99 Å². The molecule has 0 bridgehead atoms. The minimum Gasteiger partial charge on any atom is -0.507 e. The highest BCUT2D eigenvalue weighted by atomic mass is 35.5. The van der Waals surface area contributed by atoms with E-state index in [1.807, 2.05) is 0 Å². The van der Waals surface area contributed by atoms with Gasteiger partial charge in [-0.1, -0.05) is 11.6 Å². The van der Waals surface area contributed by atoms with Gasteiger partial charge >= 0.3 is 11.9 Å². The van der Waals surface area contributed by atoms with E-state index in [0.29, 0.717) is 11.3 Å². The van der Waals surface area contributed by atoms with Gasteiger partial charge in [0, 0.05) is 6.21 Å². The lowest BCUT2D eigenvalue weighted by molar-refractivity contribution is -0.139. The van der Waals surface area contributed by atoms with Crippen molar-refractivity contribution >= 4 is 35.4 Å². The average Bonchev–Trinajstić information content (AvgIpc) is 2.52. The van der Waals surface area contributed by atoms with E-state index >= 15 is 0 Å². The zero-order chi connectivity index (χ0) is 17.7. The normalized spacial score (nSPS) is 10.7. The Morgan fingerprint density at radius 1 is 1.17 bits per heavy atom. The first-order chi connectivity index (χ1) is 11.4. The van der Waals surface area contributed by atoms with Gasteiger partial charge in [-0.05, 0) is 42.0 Å². The van der Waals surface area contributed by atoms with E-state index in [-0.39, 0.29) is 22.1 Å². The molecule has 0 atom stereocenters. The molecular weight excluding hydrogens is 338 g/mol. The maximum atomic E-state index is 11.0. The second-order valence-electron chi connectivity index (χ2n) is 4.64. The van der Waals surface area contributed by atoms with Crippen molar-refractivity contribution in [2.24, 2.45) is 4.99 Å². The third-order valence-electron chi connectivity index (χ3n) is 2.88. The molecule has 2 aromatic rings. The molecule has 3 N–H and O–H groups in total. The molecule has 0 heterocycles. The van der Waals surface area contributed by atoms with E-state index in [1.165, 1.54) is 36.5 Å². The molecule has 24 heavy (non-hydrogen) atoms. The molecule has 0 saturated heterocycles. The van der Waals surface area contributed by atoms with E-state index in [4.69, 9.17) is 26.6 Å². The van der Waals surface area contributed by atoms with Gasteiger partial charge in [-0.2, -0.15) is 0 Å². The van der Waals surface area contributed by atoms with Gasteiger partial charge in [-0.15, -0.1) is 0 Å². The number of aliphatic carboxylic acids is 1. The summed E-state index contributed by atoms with van der Waals surface area (Å²) < 4.78 is 5.00. The van der Waals surface area contributed by atoms with Crippen LogP contribution in [0.15, 0.2) is 41.4 Å². The summed E-state index contributed by atoms with van der Waals surface area (Å²) in [5.74, 6) is -2.48. The summed E-state index contributed by atoms with van der Waals surface area (Å²) >= 11 is 5.99. The molecule has 0 aliphatic carbocycles. The summed E-state index contributed by atoms with van der Waals surface area (Å²) in [4.78, 5) is 25.5. The minimum absolute atomic E-state index is 0.220. The van der Waals surface area contributed by atoms with Crippen molar-refractivity contribution in [2.75, 3.05) is 6.61 Å². The number of hydrogen-bond donors (Lipinski definition) is 3. The van der Waals surface area contributed by atoms with Crippen LogP contribution in [-0.4, -0.2) is 40.1 Å². The smallest absolute Gasteiger partial charge is 0.341 e. The van der Waals surface area contributed by atoms with Crippen LogP contribution in [0.1, 0.15) is 15.9 Å². The first-order valence-corrected chi connectivity index (χ1v) is 6.99. The molecule has 7 nitrogen and oxygen atoms in total. The Bertz CT molecular complexity index is 818. The van der Waals surface area contributed by atoms with Gasteiger partial charge in [0.1, 0.15) is 17.1 Å². The lowest BCUT2D eigenvalue weighted by Crippen LogP contribution is -2.09. The van der Waals surface area contributed by atoms with Gasteiger partial charge in [0.2, 0.25) is 0 Å².